The lowest BCUT2D eigenvalue weighted by atomic mass is 10.1. The van der Waals surface area contributed by atoms with Crippen molar-refractivity contribution in [1.82, 2.24) is 24.6 Å². The summed E-state index contributed by atoms with van der Waals surface area (Å²) in [6, 6.07) is 5.85. The standard InChI is InChI=1S/C19H23N5O2/c1-4-15-6-5-7-16-17(14(3)25)9-23(19(15)16)10-18(26)22-13(2)8-24-12-20-11-21-24/h5-7,9,11-13H,4,8,10H2,1-3H3,(H,22,26)/t13-/m1/s1. The third-order valence-corrected chi connectivity index (χ3v) is 4.39. The Hall–Kier alpha value is -2.96. The first kappa shape index (κ1) is 17.8. The van der Waals surface area contributed by atoms with Gasteiger partial charge < -0.3 is 9.88 Å². The monoisotopic (exact) mass is 353 g/mol. The summed E-state index contributed by atoms with van der Waals surface area (Å²) in [6.07, 6.45) is 5.71. The van der Waals surface area contributed by atoms with E-state index in [1.165, 1.54) is 6.33 Å². The molecule has 3 rings (SSSR count). The van der Waals surface area contributed by atoms with Crippen LogP contribution in [0.15, 0.2) is 37.1 Å². The highest BCUT2D eigenvalue weighted by molar-refractivity contribution is 6.07. The van der Waals surface area contributed by atoms with E-state index in [0.717, 1.165) is 22.9 Å². The van der Waals surface area contributed by atoms with Crippen LogP contribution in [0.3, 0.4) is 0 Å². The zero-order chi connectivity index (χ0) is 18.7. The summed E-state index contributed by atoms with van der Waals surface area (Å²) >= 11 is 0. The van der Waals surface area contributed by atoms with Gasteiger partial charge in [0.2, 0.25) is 5.91 Å². The summed E-state index contributed by atoms with van der Waals surface area (Å²) < 4.78 is 3.56. The molecule has 0 aliphatic heterocycles. The van der Waals surface area contributed by atoms with Gasteiger partial charge in [-0.3, -0.25) is 14.3 Å². The number of amides is 1. The van der Waals surface area contributed by atoms with Crippen molar-refractivity contribution in [2.24, 2.45) is 0 Å². The van der Waals surface area contributed by atoms with E-state index in [9.17, 15) is 9.59 Å². The fourth-order valence-corrected chi connectivity index (χ4v) is 3.26. The Kier molecular flexibility index (Phi) is 5.16. The molecule has 1 aromatic carbocycles. The molecule has 26 heavy (non-hydrogen) atoms. The van der Waals surface area contributed by atoms with E-state index in [4.69, 9.17) is 0 Å². The number of Topliss-reactive ketones (excluding diaryl/α,β-unsaturated/α-hetero) is 1. The Balaban J connectivity index is 1.81. The van der Waals surface area contributed by atoms with Gasteiger partial charge in [-0.15, -0.1) is 0 Å². The normalized spacial score (nSPS) is 12.3. The van der Waals surface area contributed by atoms with Crippen LogP contribution >= 0.6 is 0 Å². The summed E-state index contributed by atoms with van der Waals surface area (Å²) in [7, 11) is 0. The zero-order valence-electron chi connectivity index (χ0n) is 15.3. The maximum Gasteiger partial charge on any atom is 0.240 e. The molecule has 7 nitrogen and oxygen atoms in total. The van der Waals surface area contributed by atoms with E-state index in [2.05, 4.69) is 22.3 Å². The van der Waals surface area contributed by atoms with E-state index >= 15 is 0 Å². The first-order chi connectivity index (χ1) is 12.5. The molecule has 0 saturated heterocycles. The van der Waals surface area contributed by atoms with E-state index in [0.29, 0.717) is 12.1 Å². The summed E-state index contributed by atoms with van der Waals surface area (Å²) in [6.45, 7) is 6.27. The zero-order valence-corrected chi connectivity index (χ0v) is 15.3. The Morgan fingerprint density at radius 1 is 1.31 bits per heavy atom. The van der Waals surface area contributed by atoms with Crippen LogP contribution < -0.4 is 5.32 Å². The molecule has 0 fully saturated rings. The molecule has 0 unspecified atom stereocenters. The number of nitrogens with zero attached hydrogens (tertiary/aromatic N) is 4. The number of aromatic nitrogens is 4. The van der Waals surface area contributed by atoms with Crippen LogP contribution in [-0.2, 0) is 24.3 Å². The predicted octanol–water partition coefficient (Wildman–Crippen LogP) is 2.20. The smallest absolute Gasteiger partial charge is 0.240 e. The summed E-state index contributed by atoms with van der Waals surface area (Å²) in [5, 5.41) is 7.92. The molecule has 0 aliphatic rings. The number of nitrogens with one attached hydrogen (secondary N) is 1. The number of benzene rings is 1. The van der Waals surface area contributed by atoms with E-state index < -0.39 is 0 Å². The van der Waals surface area contributed by atoms with Crippen molar-refractivity contribution in [3.8, 4) is 0 Å². The number of hydrogen-bond donors (Lipinski definition) is 1. The van der Waals surface area contributed by atoms with Crippen molar-refractivity contribution in [3.05, 3.63) is 48.2 Å². The maximum atomic E-state index is 12.5. The van der Waals surface area contributed by atoms with Gasteiger partial charge in [0.1, 0.15) is 19.2 Å². The predicted molar refractivity (Wildman–Crippen MR) is 98.9 cm³/mol. The molecule has 136 valence electrons. The second-order valence-electron chi connectivity index (χ2n) is 6.48. The SMILES string of the molecule is CCc1cccc2c(C(C)=O)cn(CC(=O)N[C@H](C)Cn3cncn3)c12. The van der Waals surface area contributed by atoms with Crippen molar-refractivity contribution in [2.75, 3.05) is 0 Å². The van der Waals surface area contributed by atoms with E-state index in [-0.39, 0.29) is 24.3 Å². The number of para-hydroxylation sites is 1. The van der Waals surface area contributed by atoms with Crippen LogP contribution in [0.2, 0.25) is 0 Å². The summed E-state index contributed by atoms with van der Waals surface area (Å²) in [5.74, 6) is -0.0996. The fraction of sp³-hybridized carbons (Fsp3) is 0.368. The highest BCUT2D eigenvalue weighted by atomic mass is 16.2. The Labute approximate surface area is 152 Å². The maximum absolute atomic E-state index is 12.5. The van der Waals surface area contributed by atoms with Gasteiger partial charge in [0, 0.05) is 23.2 Å². The molecule has 2 heterocycles. The molecule has 1 N–H and O–H groups in total. The number of carbonyl (C=O) groups is 2. The van der Waals surface area contributed by atoms with Crippen molar-refractivity contribution in [1.29, 1.82) is 0 Å². The van der Waals surface area contributed by atoms with Gasteiger partial charge in [-0.25, -0.2) is 4.98 Å². The largest absolute Gasteiger partial charge is 0.350 e. The van der Waals surface area contributed by atoms with Crippen LogP contribution in [0, 0.1) is 0 Å². The molecule has 0 bridgehead atoms. The Morgan fingerprint density at radius 3 is 2.77 bits per heavy atom. The highest BCUT2D eigenvalue weighted by Gasteiger charge is 2.17. The third kappa shape index (κ3) is 3.66. The Morgan fingerprint density at radius 2 is 2.12 bits per heavy atom. The van der Waals surface area contributed by atoms with Crippen molar-refractivity contribution >= 4 is 22.6 Å². The third-order valence-electron chi connectivity index (χ3n) is 4.39. The minimum Gasteiger partial charge on any atom is -0.350 e. The molecule has 0 aliphatic carbocycles. The number of carbonyl (C=O) groups excluding carboxylic acids is 2. The first-order valence-corrected chi connectivity index (χ1v) is 8.73. The van der Waals surface area contributed by atoms with Gasteiger partial charge in [0.05, 0.1) is 12.1 Å². The second-order valence-corrected chi connectivity index (χ2v) is 6.48. The molecule has 7 heteroatoms. The first-order valence-electron chi connectivity index (χ1n) is 8.73. The van der Waals surface area contributed by atoms with Gasteiger partial charge in [-0.2, -0.15) is 5.10 Å². The molecular formula is C19H23N5O2. The molecule has 0 spiro atoms. The van der Waals surface area contributed by atoms with Crippen LogP contribution in [0.5, 0.6) is 0 Å². The van der Waals surface area contributed by atoms with Crippen LogP contribution in [0.1, 0.15) is 36.7 Å². The number of fused-ring (bicyclic) bond motifs is 1. The number of aryl methyl sites for hydroxylation is 1. The summed E-state index contributed by atoms with van der Waals surface area (Å²) in [4.78, 5) is 28.4. The number of ketones is 1. The molecule has 0 saturated carbocycles. The van der Waals surface area contributed by atoms with Gasteiger partial charge in [0.15, 0.2) is 5.78 Å². The molecule has 3 aromatic rings. The van der Waals surface area contributed by atoms with Crippen LogP contribution in [-0.4, -0.2) is 37.1 Å². The average molecular weight is 353 g/mol. The Bertz CT molecular complexity index is 927. The number of hydrogen-bond acceptors (Lipinski definition) is 4. The van der Waals surface area contributed by atoms with Crippen LogP contribution in [0.4, 0.5) is 0 Å². The molecular weight excluding hydrogens is 330 g/mol. The minimum atomic E-state index is -0.101. The molecule has 1 amide bonds. The van der Waals surface area contributed by atoms with Gasteiger partial charge in [-0.1, -0.05) is 25.1 Å². The minimum absolute atomic E-state index is 0.00182. The van der Waals surface area contributed by atoms with Gasteiger partial charge in [0.25, 0.3) is 0 Å². The van der Waals surface area contributed by atoms with E-state index in [1.54, 1.807) is 24.1 Å². The highest BCUT2D eigenvalue weighted by Crippen LogP contribution is 2.25. The van der Waals surface area contributed by atoms with E-state index in [1.807, 2.05) is 29.7 Å². The molecule has 1 atom stereocenters. The van der Waals surface area contributed by atoms with Crippen LogP contribution in [0.25, 0.3) is 10.9 Å². The van der Waals surface area contributed by atoms with Crippen molar-refractivity contribution < 1.29 is 9.59 Å². The second kappa shape index (κ2) is 7.51. The van der Waals surface area contributed by atoms with Gasteiger partial charge >= 0.3 is 0 Å². The lowest BCUT2D eigenvalue weighted by Crippen LogP contribution is -2.37. The summed E-state index contributed by atoms with van der Waals surface area (Å²) in [5.41, 5.74) is 2.73. The molecule has 2 aromatic heterocycles. The fourth-order valence-electron chi connectivity index (χ4n) is 3.26. The quantitative estimate of drug-likeness (QED) is 0.660. The topological polar surface area (TPSA) is 81.8 Å². The lowest BCUT2D eigenvalue weighted by molar-refractivity contribution is -0.122. The lowest BCUT2D eigenvalue weighted by Gasteiger charge is -2.15. The van der Waals surface area contributed by atoms with Crippen molar-refractivity contribution in [2.45, 2.75) is 46.3 Å². The average Bonchev–Trinajstić information content (AvgIpc) is 3.22. The number of rotatable bonds is 7. The van der Waals surface area contributed by atoms with Gasteiger partial charge in [-0.05, 0) is 25.8 Å². The molecule has 0 radical (unpaired) electrons. The van der Waals surface area contributed by atoms with Crippen molar-refractivity contribution in [3.63, 3.8) is 0 Å².